The maximum atomic E-state index is 12.6. The fourth-order valence-electron chi connectivity index (χ4n) is 3.54. The number of nitrogens with zero attached hydrogens (tertiary/aromatic N) is 4. The largest absolute Gasteiger partial charge is 0.496 e. The molecule has 2 aromatic heterocycles. The number of amides is 1. The van der Waals surface area contributed by atoms with Gasteiger partial charge in [-0.3, -0.25) is 9.48 Å². The summed E-state index contributed by atoms with van der Waals surface area (Å²) in [7, 11) is 8.24. The molecule has 2 heterocycles. The Balaban J connectivity index is 2.10. The molecule has 0 aliphatic rings. The van der Waals surface area contributed by atoms with E-state index in [0.717, 1.165) is 16.5 Å². The van der Waals surface area contributed by atoms with Crippen LogP contribution in [0.3, 0.4) is 0 Å². The second kappa shape index (κ2) is 8.57. The number of hydrogen-bond donors (Lipinski definition) is 0. The van der Waals surface area contributed by atoms with Crippen LogP contribution < -0.4 is 15.0 Å². The summed E-state index contributed by atoms with van der Waals surface area (Å²) in [5, 5.41) is 4.99. The van der Waals surface area contributed by atoms with E-state index in [-0.39, 0.29) is 12.1 Å². The Labute approximate surface area is 187 Å². The highest BCUT2D eigenvalue weighted by molar-refractivity contribution is 5.94. The number of aryl methyl sites for hydroxylation is 2. The third-order valence-electron chi connectivity index (χ3n) is 5.09. The molecule has 0 aliphatic heterocycles. The molecule has 0 radical (unpaired) electrons. The molecule has 0 N–H and O–H groups in total. The maximum absolute atomic E-state index is 12.6. The third-order valence-corrected chi connectivity index (χ3v) is 5.09. The van der Waals surface area contributed by atoms with Gasteiger partial charge in [0.25, 0.3) is 5.56 Å². The van der Waals surface area contributed by atoms with E-state index in [9.17, 15) is 9.59 Å². The lowest BCUT2D eigenvalue weighted by Gasteiger charge is -2.26. The van der Waals surface area contributed by atoms with Crippen LogP contribution in [-0.2, 0) is 25.4 Å². The number of carbonyl (C=O) groups excluding carboxylic acids is 1. The first kappa shape index (κ1) is 23.2. The monoisotopic (exact) mass is 442 g/mol. The SMILES string of the molecule is COc1cc(-c2cn(C)c(=O)c3c2cnn3C)cc(OC)c1CN(C)C(=O)OC(C)(C)C. The average molecular weight is 443 g/mol. The number of ether oxygens (including phenoxy) is 3. The van der Waals surface area contributed by atoms with Crippen molar-refractivity contribution in [2.75, 3.05) is 21.3 Å². The van der Waals surface area contributed by atoms with Crippen molar-refractivity contribution >= 4 is 17.0 Å². The Morgan fingerprint density at radius 1 is 1.12 bits per heavy atom. The molecule has 0 saturated carbocycles. The second-order valence-electron chi connectivity index (χ2n) is 8.69. The average Bonchev–Trinajstić information content (AvgIpc) is 3.11. The second-order valence-corrected chi connectivity index (χ2v) is 8.69. The summed E-state index contributed by atoms with van der Waals surface area (Å²) in [5.74, 6) is 1.11. The number of carbonyl (C=O) groups is 1. The highest BCUT2D eigenvalue weighted by atomic mass is 16.6. The lowest BCUT2D eigenvalue weighted by molar-refractivity contribution is 0.0283. The predicted molar refractivity (Wildman–Crippen MR) is 122 cm³/mol. The van der Waals surface area contributed by atoms with E-state index >= 15 is 0 Å². The van der Waals surface area contributed by atoms with Crippen molar-refractivity contribution in [2.24, 2.45) is 14.1 Å². The minimum Gasteiger partial charge on any atom is -0.496 e. The molecular weight excluding hydrogens is 412 g/mol. The highest BCUT2D eigenvalue weighted by Gasteiger charge is 2.23. The van der Waals surface area contributed by atoms with Gasteiger partial charge in [-0.25, -0.2) is 4.79 Å². The van der Waals surface area contributed by atoms with Crippen molar-refractivity contribution in [3.8, 4) is 22.6 Å². The van der Waals surface area contributed by atoms with Gasteiger partial charge in [0.05, 0.1) is 32.5 Å². The topological polar surface area (TPSA) is 87.8 Å². The van der Waals surface area contributed by atoms with E-state index in [2.05, 4.69) is 5.10 Å². The van der Waals surface area contributed by atoms with E-state index in [1.807, 2.05) is 32.9 Å². The van der Waals surface area contributed by atoms with Crippen molar-refractivity contribution in [3.05, 3.63) is 40.4 Å². The Bertz CT molecular complexity index is 1190. The van der Waals surface area contributed by atoms with Crippen LogP contribution >= 0.6 is 0 Å². The fraction of sp³-hybridized carbons (Fsp3) is 0.435. The predicted octanol–water partition coefficient (Wildman–Crippen LogP) is 3.32. The molecule has 1 aromatic carbocycles. The number of methoxy groups -OCH3 is 2. The van der Waals surface area contributed by atoms with Crippen LogP contribution in [0.15, 0.2) is 29.3 Å². The zero-order chi connectivity index (χ0) is 23.8. The quantitative estimate of drug-likeness (QED) is 0.602. The van der Waals surface area contributed by atoms with Gasteiger partial charge in [0, 0.05) is 38.3 Å². The Hall–Kier alpha value is -3.49. The Morgan fingerprint density at radius 2 is 1.72 bits per heavy atom. The van der Waals surface area contributed by atoms with Gasteiger partial charge >= 0.3 is 6.09 Å². The van der Waals surface area contributed by atoms with Crippen molar-refractivity contribution in [1.82, 2.24) is 19.2 Å². The molecule has 0 spiro atoms. The zero-order valence-electron chi connectivity index (χ0n) is 19.8. The smallest absolute Gasteiger partial charge is 0.410 e. The van der Waals surface area contributed by atoms with E-state index in [1.165, 1.54) is 9.47 Å². The van der Waals surface area contributed by atoms with E-state index < -0.39 is 11.7 Å². The number of fused-ring (bicyclic) bond motifs is 1. The lowest BCUT2D eigenvalue weighted by atomic mass is 10.0. The summed E-state index contributed by atoms with van der Waals surface area (Å²) in [6, 6.07) is 3.74. The zero-order valence-corrected chi connectivity index (χ0v) is 19.8. The maximum Gasteiger partial charge on any atom is 0.410 e. The summed E-state index contributed by atoms with van der Waals surface area (Å²) in [5.41, 5.74) is 2.12. The molecule has 32 heavy (non-hydrogen) atoms. The fourth-order valence-corrected chi connectivity index (χ4v) is 3.54. The molecular formula is C23H30N4O5. The molecule has 9 heteroatoms. The van der Waals surface area contributed by atoms with Crippen LogP contribution in [0.4, 0.5) is 4.79 Å². The van der Waals surface area contributed by atoms with Gasteiger partial charge in [-0.1, -0.05) is 0 Å². The van der Waals surface area contributed by atoms with Gasteiger partial charge in [0.1, 0.15) is 22.6 Å². The molecule has 0 aliphatic carbocycles. The van der Waals surface area contributed by atoms with Crippen LogP contribution in [0.2, 0.25) is 0 Å². The molecule has 0 unspecified atom stereocenters. The molecule has 0 atom stereocenters. The lowest BCUT2D eigenvalue weighted by Crippen LogP contribution is -2.34. The third kappa shape index (κ3) is 4.42. The van der Waals surface area contributed by atoms with Crippen molar-refractivity contribution in [1.29, 1.82) is 0 Å². The van der Waals surface area contributed by atoms with Gasteiger partial charge < -0.3 is 23.7 Å². The first-order valence-electron chi connectivity index (χ1n) is 10.2. The van der Waals surface area contributed by atoms with E-state index in [1.54, 1.807) is 52.4 Å². The number of benzene rings is 1. The Morgan fingerprint density at radius 3 is 2.25 bits per heavy atom. The number of pyridine rings is 1. The van der Waals surface area contributed by atoms with Crippen LogP contribution in [0.1, 0.15) is 26.3 Å². The summed E-state index contributed by atoms with van der Waals surface area (Å²) in [6.07, 6.45) is 3.00. The summed E-state index contributed by atoms with van der Waals surface area (Å²) < 4.78 is 19.9. The van der Waals surface area contributed by atoms with E-state index in [0.29, 0.717) is 22.6 Å². The molecule has 3 rings (SSSR count). The van der Waals surface area contributed by atoms with Gasteiger partial charge in [0.15, 0.2) is 0 Å². The number of rotatable bonds is 5. The van der Waals surface area contributed by atoms with Crippen molar-refractivity contribution in [2.45, 2.75) is 32.9 Å². The molecule has 0 bridgehead atoms. The standard InChI is InChI=1S/C23H30N4O5/c1-23(2,3)32-22(29)26(5)13-17-18(30-7)9-14(10-19(17)31-8)16-12-25(4)21(28)20-15(16)11-24-27(20)6/h9-12H,13H2,1-8H3. The van der Waals surface area contributed by atoms with Crippen LogP contribution in [0, 0.1) is 0 Å². The first-order chi connectivity index (χ1) is 15.0. The summed E-state index contributed by atoms with van der Waals surface area (Å²) in [6.45, 7) is 5.69. The van der Waals surface area contributed by atoms with Gasteiger partial charge in [0.2, 0.25) is 0 Å². The van der Waals surface area contributed by atoms with Gasteiger partial charge in [-0.05, 0) is 38.5 Å². The van der Waals surface area contributed by atoms with Crippen LogP contribution in [0.25, 0.3) is 22.0 Å². The minimum absolute atomic E-state index is 0.127. The first-order valence-corrected chi connectivity index (χ1v) is 10.2. The van der Waals surface area contributed by atoms with Crippen molar-refractivity contribution in [3.63, 3.8) is 0 Å². The van der Waals surface area contributed by atoms with Gasteiger partial charge in [-0.15, -0.1) is 0 Å². The molecule has 9 nitrogen and oxygen atoms in total. The minimum atomic E-state index is -0.596. The molecule has 1 amide bonds. The highest BCUT2D eigenvalue weighted by Crippen LogP contribution is 2.37. The number of hydrogen-bond acceptors (Lipinski definition) is 6. The number of aromatic nitrogens is 3. The Kier molecular flexibility index (Phi) is 6.20. The summed E-state index contributed by atoms with van der Waals surface area (Å²) in [4.78, 5) is 26.5. The van der Waals surface area contributed by atoms with Crippen LogP contribution in [-0.4, -0.2) is 52.2 Å². The molecule has 0 saturated heterocycles. The van der Waals surface area contributed by atoms with Gasteiger partial charge in [-0.2, -0.15) is 5.10 Å². The molecule has 3 aromatic rings. The van der Waals surface area contributed by atoms with E-state index in [4.69, 9.17) is 14.2 Å². The van der Waals surface area contributed by atoms with Crippen LogP contribution in [0.5, 0.6) is 11.5 Å². The molecule has 172 valence electrons. The van der Waals surface area contributed by atoms with Crippen molar-refractivity contribution < 1.29 is 19.0 Å². The summed E-state index contributed by atoms with van der Waals surface area (Å²) >= 11 is 0. The normalized spacial score (nSPS) is 11.5. The molecule has 0 fully saturated rings.